The van der Waals surface area contributed by atoms with E-state index in [1.54, 1.807) is 7.11 Å². The fraction of sp³-hybridized carbons (Fsp3) is 0.588. The van der Waals surface area contributed by atoms with Crippen LogP contribution in [0.4, 0.5) is 0 Å². The van der Waals surface area contributed by atoms with Gasteiger partial charge in [0.05, 0.1) is 12.6 Å². The highest BCUT2D eigenvalue weighted by Crippen LogP contribution is 2.27. The molecule has 1 rings (SSSR count). The van der Waals surface area contributed by atoms with Crippen molar-refractivity contribution in [2.45, 2.75) is 46.1 Å². The second kappa shape index (κ2) is 7.95. The van der Waals surface area contributed by atoms with Gasteiger partial charge in [-0.15, -0.1) is 0 Å². The number of hydrogen-bond acceptors (Lipinski definition) is 3. The average Bonchev–Trinajstić information content (AvgIpc) is 2.48. The lowest BCUT2D eigenvalue weighted by Gasteiger charge is -2.38. The molecule has 0 aliphatic carbocycles. The Kier molecular flexibility index (Phi) is 6.88. The number of carbonyl (C=O) groups is 1. The van der Waals surface area contributed by atoms with Gasteiger partial charge in [-0.2, -0.15) is 0 Å². The minimum atomic E-state index is -0.420. The predicted octanol–water partition coefficient (Wildman–Crippen LogP) is 4.08. The third-order valence-electron chi connectivity index (χ3n) is 4.34. The average molecular weight is 356 g/mol. The summed E-state index contributed by atoms with van der Waals surface area (Å²) in [4.78, 5) is 15.1. The number of ketones is 1. The van der Waals surface area contributed by atoms with Gasteiger partial charge in [0.2, 0.25) is 0 Å². The van der Waals surface area contributed by atoms with E-state index in [9.17, 15) is 4.79 Å². The smallest absolute Gasteiger partial charge is 0.157 e. The number of nitrogens with zero attached hydrogens (tertiary/aromatic N) is 1. The van der Waals surface area contributed by atoms with E-state index in [1.165, 1.54) is 0 Å². The SMILES string of the molecule is CCN(CC)C(C)(CC)C(=O)Cc1cc(Br)ccc1OC. The summed E-state index contributed by atoms with van der Waals surface area (Å²) in [7, 11) is 1.64. The van der Waals surface area contributed by atoms with Crippen LogP contribution in [-0.2, 0) is 11.2 Å². The molecule has 1 atom stereocenters. The number of methoxy groups -OCH3 is 1. The van der Waals surface area contributed by atoms with Gasteiger partial charge in [0.15, 0.2) is 5.78 Å². The maximum atomic E-state index is 12.9. The molecule has 21 heavy (non-hydrogen) atoms. The standard InChI is InChI=1S/C17H26BrNO2/c1-6-17(4,19(7-2)8-3)16(20)12-13-11-14(18)9-10-15(13)21-5/h9-11H,6-8,12H2,1-5H3. The zero-order chi connectivity index (χ0) is 16.0. The Bertz CT molecular complexity index is 486. The molecule has 0 aliphatic heterocycles. The second-order valence-corrected chi connectivity index (χ2v) is 6.27. The van der Waals surface area contributed by atoms with E-state index in [2.05, 4.69) is 41.6 Å². The molecule has 118 valence electrons. The molecular weight excluding hydrogens is 330 g/mol. The van der Waals surface area contributed by atoms with E-state index in [1.807, 2.05) is 25.1 Å². The zero-order valence-electron chi connectivity index (χ0n) is 13.7. The van der Waals surface area contributed by atoms with Crippen LogP contribution in [0, 0.1) is 0 Å². The highest BCUT2D eigenvalue weighted by Gasteiger charge is 2.35. The largest absolute Gasteiger partial charge is 0.496 e. The van der Waals surface area contributed by atoms with E-state index in [-0.39, 0.29) is 5.78 Å². The maximum Gasteiger partial charge on any atom is 0.157 e. The van der Waals surface area contributed by atoms with Crippen LogP contribution in [0.1, 0.15) is 39.7 Å². The van der Waals surface area contributed by atoms with E-state index in [0.717, 1.165) is 35.3 Å². The van der Waals surface area contributed by atoms with E-state index in [4.69, 9.17) is 4.74 Å². The first-order valence-electron chi connectivity index (χ1n) is 7.53. The van der Waals surface area contributed by atoms with Crippen molar-refractivity contribution in [1.82, 2.24) is 4.90 Å². The molecule has 1 aromatic carbocycles. The van der Waals surface area contributed by atoms with Crippen molar-refractivity contribution in [3.05, 3.63) is 28.2 Å². The van der Waals surface area contributed by atoms with E-state index < -0.39 is 5.54 Å². The molecule has 0 heterocycles. The highest BCUT2D eigenvalue weighted by atomic mass is 79.9. The van der Waals surface area contributed by atoms with Crippen molar-refractivity contribution in [3.63, 3.8) is 0 Å². The molecule has 0 radical (unpaired) electrons. The van der Waals surface area contributed by atoms with Gasteiger partial charge < -0.3 is 4.74 Å². The quantitative estimate of drug-likeness (QED) is 0.703. The van der Waals surface area contributed by atoms with Crippen LogP contribution in [0.25, 0.3) is 0 Å². The molecule has 0 bridgehead atoms. The first-order chi connectivity index (χ1) is 9.92. The van der Waals surface area contributed by atoms with Crippen molar-refractivity contribution in [2.75, 3.05) is 20.2 Å². The lowest BCUT2D eigenvalue weighted by Crippen LogP contribution is -2.52. The van der Waals surface area contributed by atoms with Crippen molar-refractivity contribution < 1.29 is 9.53 Å². The second-order valence-electron chi connectivity index (χ2n) is 5.36. The summed E-state index contributed by atoms with van der Waals surface area (Å²) >= 11 is 3.46. The number of Topliss-reactive ketones (excluding diaryl/α,β-unsaturated/α-hetero) is 1. The lowest BCUT2D eigenvalue weighted by atomic mass is 9.87. The summed E-state index contributed by atoms with van der Waals surface area (Å²) < 4.78 is 6.34. The van der Waals surface area contributed by atoms with Gasteiger partial charge in [-0.3, -0.25) is 9.69 Å². The van der Waals surface area contributed by atoms with Gasteiger partial charge in [-0.25, -0.2) is 0 Å². The summed E-state index contributed by atoms with van der Waals surface area (Å²) in [5.74, 6) is 1.01. The Morgan fingerprint density at radius 1 is 1.29 bits per heavy atom. The van der Waals surface area contributed by atoms with Crippen LogP contribution in [0.3, 0.4) is 0 Å². The van der Waals surface area contributed by atoms with Crippen LogP contribution in [0.15, 0.2) is 22.7 Å². The number of hydrogen-bond donors (Lipinski definition) is 0. The summed E-state index contributed by atoms with van der Waals surface area (Å²) in [5, 5.41) is 0. The fourth-order valence-corrected chi connectivity index (χ4v) is 3.18. The summed E-state index contributed by atoms with van der Waals surface area (Å²) in [6, 6.07) is 5.79. The molecule has 0 aromatic heterocycles. The lowest BCUT2D eigenvalue weighted by molar-refractivity contribution is -0.129. The Morgan fingerprint density at radius 2 is 1.90 bits per heavy atom. The summed E-state index contributed by atoms with van der Waals surface area (Å²) in [6.07, 6.45) is 1.20. The summed E-state index contributed by atoms with van der Waals surface area (Å²) in [6.45, 7) is 10.1. The molecule has 3 nitrogen and oxygen atoms in total. The topological polar surface area (TPSA) is 29.5 Å². The number of benzene rings is 1. The Balaban J connectivity index is 3.05. The van der Waals surface area contributed by atoms with E-state index in [0.29, 0.717) is 6.42 Å². The van der Waals surface area contributed by atoms with Crippen molar-refractivity contribution in [3.8, 4) is 5.75 Å². The number of rotatable bonds is 8. The molecule has 0 aliphatic rings. The minimum absolute atomic E-state index is 0.241. The molecule has 0 N–H and O–H groups in total. The molecule has 0 spiro atoms. The van der Waals surface area contributed by atoms with Gasteiger partial charge in [0.1, 0.15) is 5.75 Å². The third-order valence-corrected chi connectivity index (χ3v) is 4.84. The fourth-order valence-electron chi connectivity index (χ4n) is 2.77. The van der Waals surface area contributed by atoms with Gasteiger partial charge in [-0.1, -0.05) is 36.7 Å². The molecule has 1 aromatic rings. The molecule has 0 saturated carbocycles. The van der Waals surface area contributed by atoms with Crippen LogP contribution in [0.2, 0.25) is 0 Å². The monoisotopic (exact) mass is 355 g/mol. The summed E-state index contributed by atoms with van der Waals surface area (Å²) in [5.41, 5.74) is 0.514. The van der Waals surface area contributed by atoms with Crippen molar-refractivity contribution in [2.24, 2.45) is 0 Å². The highest BCUT2D eigenvalue weighted by molar-refractivity contribution is 9.10. The molecule has 1 unspecified atom stereocenters. The first kappa shape index (κ1) is 18.2. The number of halogens is 1. The van der Waals surface area contributed by atoms with Gasteiger partial charge >= 0.3 is 0 Å². The molecule has 0 fully saturated rings. The Morgan fingerprint density at radius 3 is 2.38 bits per heavy atom. The zero-order valence-corrected chi connectivity index (χ0v) is 15.3. The van der Waals surface area contributed by atoms with Crippen LogP contribution >= 0.6 is 15.9 Å². The number of carbonyl (C=O) groups excluding carboxylic acids is 1. The van der Waals surface area contributed by atoms with Crippen LogP contribution in [0.5, 0.6) is 5.75 Å². The van der Waals surface area contributed by atoms with Crippen molar-refractivity contribution >= 4 is 21.7 Å². The van der Waals surface area contributed by atoms with Gasteiger partial charge in [0.25, 0.3) is 0 Å². The molecule has 4 heteroatoms. The normalized spacial score (nSPS) is 14.0. The minimum Gasteiger partial charge on any atom is -0.496 e. The molecule has 0 amide bonds. The molecule has 0 saturated heterocycles. The van der Waals surface area contributed by atoms with Crippen LogP contribution < -0.4 is 4.74 Å². The number of likely N-dealkylation sites (N-methyl/N-ethyl adjacent to an activating group) is 1. The predicted molar refractivity (Wildman–Crippen MR) is 91.0 cm³/mol. The maximum absolute atomic E-state index is 12.9. The first-order valence-corrected chi connectivity index (χ1v) is 8.32. The van der Waals surface area contributed by atoms with Gasteiger partial charge in [-0.05, 0) is 44.6 Å². The van der Waals surface area contributed by atoms with Crippen LogP contribution in [-0.4, -0.2) is 36.4 Å². The Hall–Kier alpha value is -0.870. The van der Waals surface area contributed by atoms with Crippen molar-refractivity contribution in [1.29, 1.82) is 0 Å². The van der Waals surface area contributed by atoms with Gasteiger partial charge in [0, 0.05) is 16.5 Å². The molecular formula is C17H26BrNO2. The third kappa shape index (κ3) is 4.07. The number of ether oxygens (including phenoxy) is 1. The Labute approximate surface area is 136 Å². The van der Waals surface area contributed by atoms with E-state index >= 15 is 0 Å².